The Morgan fingerprint density at radius 2 is 2.08 bits per heavy atom. The summed E-state index contributed by atoms with van der Waals surface area (Å²) in [5.41, 5.74) is 0. The van der Waals surface area contributed by atoms with Gasteiger partial charge in [0.25, 0.3) is 0 Å². The van der Waals surface area contributed by atoms with Crippen LogP contribution >= 0.6 is 7.60 Å². The Morgan fingerprint density at radius 3 is 2.50 bits per heavy atom. The molecule has 12 heavy (non-hydrogen) atoms. The normalized spacial score (nSPS) is 15.1. The average Bonchev–Trinajstić information content (AvgIpc) is 2.06. The summed E-state index contributed by atoms with van der Waals surface area (Å²) >= 11 is 0. The van der Waals surface area contributed by atoms with E-state index in [1.165, 1.54) is 0 Å². The van der Waals surface area contributed by atoms with Crippen LogP contribution in [0.1, 0.15) is 20.3 Å². The van der Waals surface area contributed by atoms with Crippen LogP contribution in [-0.4, -0.2) is 19.4 Å². The second kappa shape index (κ2) is 6.19. The molecule has 0 saturated carbocycles. The third-order valence-electron chi connectivity index (χ3n) is 1.21. The summed E-state index contributed by atoms with van der Waals surface area (Å²) in [5.74, 6) is 0. The predicted molar refractivity (Wildman–Crippen MR) is 46.0 cm³/mol. The lowest BCUT2D eigenvalue weighted by Crippen LogP contribution is -1.99. The highest BCUT2D eigenvalue weighted by Gasteiger charge is 2.20. The van der Waals surface area contributed by atoms with Crippen LogP contribution in [0.25, 0.3) is 0 Å². The summed E-state index contributed by atoms with van der Waals surface area (Å²) in [6.07, 6.45) is 0.601. The summed E-state index contributed by atoms with van der Waals surface area (Å²) in [6, 6.07) is 1.90. The molecule has 0 N–H and O–H groups in total. The van der Waals surface area contributed by atoms with Gasteiger partial charge in [-0.05, 0) is 6.92 Å². The second-order valence-corrected chi connectivity index (χ2v) is 4.46. The highest BCUT2D eigenvalue weighted by Crippen LogP contribution is 2.47. The molecule has 1 atom stereocenters. The summed E-state index contributed by atoms with van der Waals surface area (Å²) < 4.78 is 21.4. The number of nitriles is 1. The molecule has 5 heteroatoms. The van der Waals surface area contributed by atoms with Crippen molar-refractivity contribution >= 4 is 7.60 Å². The second-order valence-electron chi connectivity index (χ2n) is 2.09. The molecule has 4 nitrogen and oxygen atoms in total. The van der Waals surface area contributed by atoms with E-state index < -0.39 is 7.60 Å². The van der Waals surface area contributed by atoms with Gasteiger partial charge in [0.2, 0.25) is 0 Å². The summed E-state index contributed by atoms with van der Waals surface area (Å²) in [5, 5.41) is 8.21. The standard InChI is InChI=1S/C7H14NO3P/c1-3-10-12(9,4-2)11-7-5-6-8/h3-5,7H2,1-2H3. The fourth-order valence-corrected chi connectivity index (χ4v) is 1.85. The van der Waals surface area contributed by atoms with E-state index in [4.69, 9.17) is 14.3 Å². The molecule has 1 unspecified atom stereocenters. The van der Waals surface area contributed by atoms with E-state index in [9.17, 15) is 4.57 Å². The lowest BCUT2D eigenvalue weighted by atomic mass is 10.5. The molecule has 70 valence electrons. The van der Waals surface area contributed by atoms with Crippen molar-refractivity contribution in [2.24, 2.45) is 0 Å². The van der Waals surface area contributed by atoms with Crippen LogP contribution in [0.3, 0.4) is 0 Å². The monoisotopic (exact) mass is 191 g/mol. The zero-order valence-corrected chi connectivity index (χ0v) is 8.34. The van der Waals surface area contributed by atoms with Gasteiger partial charge in [-0.1, -0.05) is 6.92 Å². The molecular weight excluding hydrogens is 177 g/mol. The predicted octanol–water partition coefficient (Wildman–Crippen LogP) is 2.17. The molecule has 0 heterocycles. The van der Waals surface area contributed by atoms with Crippen LogP contribution in [0, 0.1) is 11.3 Å². The fraction of sp³-hybridized carbons (Fsp3) is 0.857. The van der Waals surface area contributed by atoms with Crippen LogP contribution in [0.4, 0.5) is 0 Å². The van der Waals surface area contributed by atoms with Crippen LogP contribution < -0.4 is 0 Å². The van der Waals surface area contributed by atoms with Gasteiger partial charge < -0.3 is 9.05 Å². The fourth-order valence-electron chi connectivity index (χ4n) is 0.647. The van der Waals surface area contributed by atoms with E-state index in [-0.39, 0.29) is 13.0 Å². The Bertz CT molecular complexity index is 199. The zero-order valence-electron chi connectivity index (χ0n) is 7.45. The van der Waals surface area contributed by atoms with E-state index in [0.717, 1.165) is 0 Å². The third-order valence-corrected chi connectivity index (χ3v) is 3.22. The quantitative estimate of drug-likeness (QED) is 0.476. The Labute approximate surface area is 73.0 Å². The van der Waals surface area contributed by atoms with E-state index in [0.29, 0.717) is 12.8 Å². The Kier molecular flexibility index (Phi) is 6.00. The van der Waals surface area contributed by atoms with E-state index >= 15 is 0 Å². The van der Waals surface area contributed by atoms with Gasteiger partial charge in [-0.3, -0.25) is 4.57 Å². The van der Waals surface area contributed by atoms with Gasteiger partial charge in [0.15, 0.2) is 0 Å². The van der Waals surface area contributed by atoms with Gasteiger partial charge in [-0.25, -0.2) is 0 Å². The van der Waals surface area contributed by atoms with Crippen molar-refractivity contribution in [3.8, 4) is 6.07 Å². The third kappa shape index (κ3) is 4.50. The van der Waals surface area contributed by atoms with Crippen molar-refractivity contribution in [3.63, 3.8) is 0 Å². The SMILES string of the molecule is CCOP(=O)(CC)OCCC#N. The molecule has 0 aromatic heterocycles. The first-order valence-corrected chi connectivity index (χ1v) is 5.66. The maximum atomic E-state index is 11.5. The molecule has 0 saturated heterocycles. The van der Waals surface area contributed by atoms with Crippen molar-refractivity contribution in [3.05, 3.63) is 0 Å². The smallest absolute Gasteiger partial charge is 0.309 e. The van der Waals surface area contributed by atoms with E-state index in [1.54, 1.807) is 13.8 Å². The molecule has 0 rings (SSSR count). The lowest BCUT2D eigenvalue weighted by Gasteiger charge is -2.14. The molecule has 0 aliphatic rings. The minimum Gasteiger partial charge on any atom is -0.309 e. The summed E-state index contributed by atoms with van der Waals surface area (Å²) in [4.78, 5) is 0. The van der Waals surface area contributed by atoms with Crippen LogP contribution in [0.5, 0.6) is 0 Å². The number of rotatable bonds is 6. The first kappa shape index (κ1) is 11.6. The largest absolute Gasteiger partial charge is 0.330 e. The molecule has 0 fully saturated rings. The van der Waals surface area contributed by atoms with Crippen LogP contribution in [0.15, 0.2) is 0 Å². The van der Waals surface area contributed by atoms with Crippen molar-refractivity contribution in [2.75, 3.05) is 19.4 Å². The van der Waals surface area contributed by atoms with Gasteiger partial charge in [0, 0.05) is 6.16 Å². The van der Waals surface area contributed by atoms with Gasteiger partial charge in [-0.2, -0.15) is 5.26 Å². The molecule has 0 amide bonds. The Morgan fingerprint density at radius 1 is 1.42 bits per heavy atom. The molecule has 0 aromatic rings. The number of hydrogen-bond donors (Lipinski definition) is 0. The van der Waals surface area contributed by atoms with Gasteiger partial charge >= 0.3 is 7.60 Å². The van der Waals surface area contributed by atoms with Crippen molar-refractivity contribution in [2.45, 2.75) is 20.3 Å². The van der Waals surface area contributed by atoms with Crippen LogP contribution in [-0.2, 0) is 13.6 Å². The average molecular weight is 191 g/mol. The van der Waals surface area contributed by atoms with Gasteiger partial charge in [-0.15, -0.1) is 0 Å². The van der Waals surface area contributed by atoms with Crippen molar-refractivity contribution in [1.82, 2.24) is 0 Å². The number of nitrogens with zero attached hydrogens (tertiary/aromatic N) is 1. The molecule has 0 aromatic carbocycles. The van der Waals surface area contributed by atoms with Gasteiger partial charge in [0.05, 0.1) is 25.7 Å². The summed E-state index contributed by atoms with van der Waals surface area (Å²) in [6.45, 7) is 4.05. The maximum Gasteiger partial charge on any atom is 0.330 e. The highest BCUT2D eigenvalue weighted by molar-refractivity contribution is 7.53. The van der Waals surface area contributed by atoms with E-state index in [2.05, 4.69) is 0 Å². The van der Waals surface area contributed by atoms with Crippen molar-refractivity contribution in [1.29, 1.82) is 5.26 Å². The molecule has 0 aliphatic carbocycles. The molecule has 0 radical (unpaired) electrons. The first-order valence-electron chi connectivity index (χ1n) is 3.93. The molecule has 0 aliphatic heterocycles. The van der Waals surface area contributed by atoms with Gasteiger partial charge in [0.1, 0.15) is 0 Å². The lowest BCUT2D eigenvalue weighted by molar-refractivity contribution is 0.216. The van der Waals surface area contributed by atoms with E-state index in [1.807, 2.05) is 6.07 Å². The minimum absolute atomic E-state index is 0.182. The van der Waals surface area contributed by atoms with Crippen molar-refractivity contribution < 1.29 is 13.6 Å². The molecule has 0 spiro atoms. The van der Waals surface area contributed by atoms with Crippen LogP contribution in [0.2, 0.25) is 0 Å². The minimum atomic E-state index is -2.88. The molecular formula is C7H14NO3P. The first-order chi connectivity index (χ1) is 5.68. The summed E-state index contributed by atoms with van der Waals surface area (Å²) in [7, 11) is -2.88. The topological polar surface area (TPSA) is 59.3 Å². The molecule has 0 bridgehead atoms. The Hall–Kier alpha value is -0.360. The Balaban J connectivity index is 3.81. The highest BCUT2D eigenvalue weighted by atomic mass is 31.2. The number of hydrogen-bond acceptors (Lipinski definition) is 4. The maximum absolute atomic E-state index is 11.5. The zero-order chi connectivity index (χ0) is 9.45.